The lowest BCUT2D eigenvalue weighted by Crippen LogP contribution is -2.45. The summed E-state index contributed by atoms with van der Waals surface area (Å²) in [7, 11) is 0. The first-order valence-corrected chi connectivity index (χ1v) is 7.20. The van der Waals surface area contributed by atoms with Gasteiger partial charge in [0.1, 0.15) is 4.60 Å². The van der Waals surface area contributed by atoms with Crippen molar-refractivity contribution in [2.45, 2.75) is 18.9 Å². The van der Waals surface area contributed by atoms with Gasteiger partial charge in [-0.25, -0.2) is 4.98 Å². The van der Waals surface area contributed by atoms with Crippen molar-refractivity contribution >= 4 is 40.7 Å². The summed E-state index contributed by atoms with van der Waals surface area (Å²) in [6.07, 6.45) is 4.68. The predicted molar refractivity (Wildman–Crippen MR) is 86.3 cm³/mol. The molecule has 1 atom stereocenters. The molecule has 1 aliphatic heterocycles. The van der Waals surface area contributed by atoms with Crippen molar-refractivity contribution in [3.05, 3.63) is 28.5 Å². The summed E-state index contributed by atoms with van der Waals surface area (Å²) in [4.78, 5) is 6.87. The first-order chi connectivity index (χ1) is 8.34. The van der Waals surface area contributed by atoms with Gasteiger partial charge in [0.25, 0.3) is 0 Å². The molecule has 3 rings (SSSR count). The first kappa shape index (κ1) is 17.2. The van der Waals surface area contributed by atoms with Gasteiger partial charge in [-0.05, 0) is 52.4 Å². The second kappa shape index (κ2) is 7.79. The van der Waals surface area contributed by atoms with Crippen molar-refractivity contribution in [3.8, 4) is 0 Å². The molecule has 0 bridgehead atoms. The van der Waals surface area contributed by atoms with Crippen LogP contribution in [0.15, 0.2) is 22.9 Å². The molecule has 2 fully saturated rings. The molecule has 0 spiro atoms. The smallest absolute Gasteiger partial charge is 0.106 e. The number of hydrogen-bond acceptors (Lipinski definition) is 3. The number of piperazine rings is 1. The highest BCUT2D eigenvalue weighted by Gasteiger charge is 2.36. The van der Waals surface area contributed by atoms with Crippen LogP contribution in [0.1, 0.15) is 24.4 Å². The number of halogens is 3. The Morgan fingerprint density at radius 2 is 1.95 bits per heavy atom. The van der Waals surface area contributed by atoms with Crippen molar-refractivity contribution in [2.75, 3.05) is 26.2 Å². The number of nitrogens with zero attached hydrogens (tertiary/aromatic N) is 2. The maximum absolute atomic E-state index is 4.23. The summed E-state index contributed by atoms with van der Waals surface area (Å²) in [6.45, 7) is 4.58. The first-order valence-electron chi connectivity index (χ1n) is 6.41. The van der Waals surface area contributed by atoms with E-state index in [0.717, 1.165) is 23.6 Å². The molecule has 3 nitrogen and oxygen atoms in total. The Bertz CT molecular complexity index is 395. The standard InChI is InChI=1S/C13H18BrN3.2ClH/c14-12-9-11(3-4-16-12)13(10-1-2-10)17-7-5-15-6-8-17;;/h3-4,9-10,13,15H,1-2,5-8H2;2*1H/t13-;;/m0../s1. The molecule has 19 heavy (non-hydrogen) atoms. The molecule has 1 aromatic rings. The summed E-state index contributed by atoms with van der Waals surface area (Å²) < 4.78 is 0.954. The summed E-state index contributed by atoms with van der Waals surface area (Å²) in [5, 5.41) is 3.43. The fourth-order valence-corrected chi connectivity index (χ4v) is 3.14. The molecule has 1 saturated carbocycles. The fourth-order valence-electron chi connectivity index (χ4n) is 2.75. The molecule has 1 saturated heterocycles. The second-order valence-electron chi connectivity index (χ2n) is 4.98. The Morgan fingerprint density at radius 1 is 1.26 bits per heavy atom. The SMILES string of the molecule is Brc1cc([C@H](C2CC2)N2CCNCC2)ccn1.Cl.Cl. The Kier molecular flexibility index (Phi) is 7.05. The van der Waals surface area contributed by atoms with E-state index in [4.69, 9.17) is 0 Å². The zero-order valence-corrected chi connectivity index (χ0v) is 13.9. The zero-order valence-electron chi connectivity index (χ0n) is 10.7. The number of rotatable bonds is 3. The van der Waals surface area contributed by atoms with Crippen LogP contribution < -0.4 is 5.32 Å². The van der Waals surface area contributed by atoms with Crippen LogP contribution in [-0.2, 0) is 0 Å². The summed E-state index contributed by atoms with van der Waals surface area (Å²) >= 11 is 3.48. The molecule has 1 aliphatic carbocycles. The van der Waals surface area contributed by atoms with Gasteiger partial charge in [-0.15, -0.1) is 24.8 Å². The molecule has 6 heteroatoms. The molecule has 2 aliphatic rings. The highest BCUT2D eigenvalue weighted by atomic mass is 79.9. The molecule has 0 radical (unpaired) electrons. The van der Waals surface area contributed by atoms with Crippen molar-refractivity contribution in [1.29, 1.82) is 0 Å². The Labute approximate surface area is 135 Å². The van der Waals surface area contributed by atoms with Crippen molar-refractivity contribution in [3.63, 3.8) is 0 Å². The topological polar surface area (TPSA) is 28.2 Å². The lowest BCUT2D eigenvalue weighted by Gasteiger charge is -2.35. The second-order valence-corrected chi connectivity index (χ2v) is 5.79. The number of aromatic nitrogens is 1. The number of nitrogens with one attached hydrogen (secondary N) is 1. The van der Waals surface area contributed by atoms with Crippen molar-refractivity contribution < 1.29 is 0 Å². The van der Waals surface area contributed by atoms with Gasteiger partial charge in [0.05, 0.1) is 0 Å². The molecule has 0 amide bonds. The third-order valence-corrected chi connectivity index (χ3v) is 4.14. The van der Waals surface area contributed by atoms with Gasteiger partial charge < -0.3 is 5.32 Å². The Balaban J connectivity index is 0.000000902. The lowest BCUT2D eigenvalue weighted by atomic mass is 10.0. The fraction of sp³-hybridized carbons (Fsp3) is 0.615. The van der Waals surface area contributed by atoms with E-state index in [1.807, 2.05) is 6.20 Å². The van der Waals surface area contributed by atoms with E-state index >= 15 is 0 Å². The molecular weight excluding hydrogens is 349 g/mol. The largest absolute Gasteiger partial charge is 0.314 e. The van der Waals surface area contributed by atoms with Gasteiger partial charge in [-0.2, -0.15) is 0 Å². The molecule has 0 aromatic carbocycles. The van der Waals surface area contributed by atoms with Gasteiger partial charge in [-0.3, -0.25) is 4.90 Å². The highest BCUT2D eigenvalue weighted by Crippen LogP contribution is 2.44. The number of pyridine rings is 1. The Hall–Kier alpha value is 0.130. The lowest BCUT2D eigenvalue weighted by molar-refractivity contribution is 0.156. The van der Waals surface area contributed by atoms with Crippen LogP contribution >= 0.6 is 40.7 Å². The number of hydrogen-bond donors (Lipinski definition) is 1. The van der Waals surface area contributed by atoms with E-state index in [-0.39, 0.29) is 24.8 Å². The van der Waals surface area contributed by atoms with Gasteiger partial charge in [0.2, 0.25) is 0 Å². The molecule has 2 heterocycles. The Morgan fingerprint density at radius 3 is 2.53 bits per heavy atom. The third-order valence-electron chi connectivity index (χ3n) is 3.71. The third kappa shape index (κ3) is 4.30. The van der Waals surface area contributed by atoms with Gasteiger partial charge in [-0.1, -0.05) is 0 Å². The maximum atomic E-state index is 4.23. The summed E-state index contributed by atoms with van der Waals surface area (Å²) in [5.41, 5.74) is 1.43. The minimum Gasteiger partial charge on any atom is -0.314 e. The molecule has 108 valence electrons. The van der Waals surface area contributed by atoms with Crippen LogP contribution in [0.25, 0.3) is 0 Å². The predicted octanol–water partition coefficient (Wildman–Crippen LogP) is 3.04. The summed E-state index contributed by atoms with van der Waals surface area (Å²) in [5.74, 6) is 0.863. The van der Waals surface area contributed by atoms with Gasteiger partial charge >= 0.3 is 0 Å². The molecule has 1 aromatic heterocycles. The van der Waals surface area contributed by atoms with Crippen LogP contribution in [-0.4, -0.2) is 36.1 Å². The minimum atomic E-state index is 0. The van der Waals surface area contributed by atoms with Crippen molar-refractivity contribution in [1.82, 2.24) is 15.2 Å². The van der Waals surface area contributed by atoms with Crippen LogP contribution in [0.3, 0.4) is 0 Å². The zero-order chi connectivity index (χ0) is 11.7. The average Bonchev–Trinajstić information content (AvgIpc) is 3.15. The van der Waals surface area contributed by atoms with Gasteiger partial charge in [0.15, 0.2) is 0 Å². The van der Waals surface area contributed by atoms with Crippen LogP contribution in [0.4, 0.5) is 0 Å². The van der Waals surface area contributed by atoms with Gasteiger partial charge in [0, 0.05) is 38.4 Å². The monoisotopic (exact) mass is 367 g/mol. The van der Waals surface area contributed by atoms with E-state index in [1.165, 1.54) is 31.5 Å². The minimum absolute atomic E-state index is 0. The maximum Gasteiger partial charge on any atom is 0.106 e. The molecule has 1 N–H and O–H groups in total. The van der Waals surface area contributed by atoms with Crippen LogP contribution in [0.2, 0.25) is 0 Å². The highest BCUT2D eigenvalue weighted by molar-refractivity contribution is 9.10. The molecular formula is C13H20BrCl2N3. The van der Waals surface area contributed by atoms with Crippen LogP contribution in [0.5, 0.6) is 0 Å². The van der Waals surface area contributed by atoms with E-state index in [0.29, 0.717) is 6.04 Å². The summed E-state index contributed by atoms with van der Waals surface area (Å²) in [6, 6.07) is 4.97. The van der Waals surface area contributed by atoms with E-state index in [9.17, 15) is 0 Å². The quantitative estimate of drug-likeness (QED) is 0.831. The molecule has 0 unspecified atom stereocenters. The normalized spacial score (nSPS) is 21.1. The van der Waals surface area contributed by atoms with E-state index in [2.05, 4.69) is 43.3 Å². The van der Waals surface area contributed by atoms with E-state index in [1.54, 1.807) is 0 Å². The van der Waals surface area contributed by atoms with Crippen LogP contribution in [0, 0.1) is 5.92 Å². The van der Waals surface area contributed by atoms with E-state index < -0.39 is 0 Å². The average molecular weight is 369 g/mol. The van der Waals surface area contributed by atoms with Crippen molar-refractivity contribution in [2.24, 2.45) is 5.92 Å².